The Morgan fingerprint density at radius 1 is 1.50 bits per heavy atom. The minimum Gasteiger partial charge on any atom is -0.380 e. The SMILES string of the molecule is CCOCCN(C)CC1CC(C)CN1. The van der Waals surface area contributed by atoms with Crippen molar-refractivity contribution >= 4 is 0 Å². The van der Waals surface area contributed by atoms with Gasteiger partial charge in [0, 0.05) is 25.7 Å². The van der Waals surface area contributed by atoms with E-state index in [-0.39, 0.29) is 0 Å². The van der Waals surface area contributed by atoms with Crippen LogP contribution in [0.25, 0.3) is 0 Å². The van der Waals surface area contributed by atoms with Crippen LogP contribution >= 0.6 is 0 Å². The maximum atomic E-state index is 5.33. The molecule has 0 amide bonds. The van der Waals surface area contributed by atoms with Crippen molar-refractivity contribution in [2.75, 3.05) is 39.9 Å². The van der Waals surface area contributed by atoms with Gasteiger partial charge < -0.3 is 15.0 Å². The molecule has 3 nitrogen and oxygen atoms in total. The zero-order valence-electron chi connectivity index (χ0n) is 9.75. The molecule has 3 heteroatoms. The molecule has 0 aromatic carbocycles. The first kappa shape index (κ1) is 12.0. The van der Waals surface area contributed by atoms with Crippen molar-refractivity contribution in [3.63, 3.8) is 0 Å². The first-order chi connectivity index (χ1) is 6.72. The second-order valence-electron chi connectivity index (χ2n) is 4.41. The Morgan fingerprint density at radius 2 is 2.29 bits per heavy atom. The summed E-state index contributed by atoms with van der Waals surface area (Å²) in [7, 11) is 2.17. The molecule has 0 aliphatic carbocycles. The molecular formula is C11H24N2O. The summed E-state index contributed by atoms with van der Waals surface area (Å²) in [5.74, 6) is 0.847. The standard InChI is InChI=1S/C11H24N2O/c1-4-14-6-5-13(3)9-11-7-10(2)8-12-11/h10-12H,4-9H2,1-3H3. The van der Waals surface area contributed by atoms with E-state index in [0.29, 0.717) is 6.04 Å². The van der Waals surface area contributed by atoms with Crippen LogP contribution in [0, 0.1) is 5.92 Å². The zero-order valence-corrected chi connectivity index (χ0v) is 9.75. The molecule has 84 valence electrons. The summed E-state index contributed by atoms with van der Waals surface area (Å²) in [5.41, 5.74) is 0. The van der Waals surface area contributed by atoms with Gasteiger partial charge in [-0.05, 0) is 32.9 Å². The number of ether oxygens (including phenoxy) is 1. The molecule has 2 unspecified atom stereocenters. The fraction of sp³-hybridized carbons (Fsp3) is 1.00. The molecule has 2 atom stereocenters. The van der Waals surface area contributed by atoms with Gasteiger partial charge >= 0.3 is 0 Å². The van der Waals surface area contributed by atoms with Gasteiger partial charge in [-0.1, -0.05) is 6.92 Å². The van der Waals surface area contributed by atoms with Gasteiger partial charge in [-0.2, -0.15) is 0 Å². The number of nitrogens with zero attached hydrogens (tertiary/aromatic N) is 1. The van der Waals surface area contributed by atoms with Gasteiger partial charge in [-0.25, -0.2) is 0 Å². The van der Waals surface area contributed by atoms with Crippen molar-refractivity contribution in [3.8, 4) is 0 Å². The van der Waals surface area contributed by atoms with Crippen LogP contribution in [-0.4, -0.2) is 50.8 Å². The molecule has 14 heavy (non-hydrogen) atoms. The average molecular weight is 200 g/mol. The second kappa shape index (κ2) is 6.38. The van der Waals surface area contributed by atoms with Crippen molar-refractivity contribution in [2.24, 2.45) is 5.92 Å². The minimum absolute atomic E-state index is 0.691. The number of nitrogens with one attached hydrogen (secondary N) is 1. The Balaban J connectivity index is 2.05. The third-order valence-corrected chi connectivity index (χ3v) is 2.80. The van der Waals surface area contributed by atoms with Crippen molar-refractivity contribution in [3.05, 3.63) is 0 Å². The van der Waals surface area contributed by atoms with Crippen LogP contribution in [0.5, 0.6) is 0 Å². The average Bonchev–Trinajstić information content (AvgIpc) is 2.52. The molecule has 0 aromatic heterocycles. The lowest BCUT2D eigenvalue weighted by molar-refractivity contribution is 0.119. The Bertz CT molecular complexity index is 152. The highest BCUT2D eigenvalue weighted by atomic mass is 16.5. The number of hydrogen-bond acceptors (Lipinski definition) is 3. The highest BCUT2D eigenvalue weighted by Crippen LogP contribution is 2.12. The van der Waals surface area contributed by atoms with E-state index in [0.717, 1.165) is 32.2 Å². The van der Waals surface area contributed by atoms with Crippen molar-refractivity contribution in [2.45, 2.75) is 26.3 Å². The number of rotatable bonds is 6. The van der Waals surface area contributed by atoms with Gasteiger partial charge in [0.05, 0.1) is 6.61 Å². The maximum absolute atomic E-state index is 5.33. The molecule has 1 N–H and O–H groups in total. The molecule has 1 fully saturated rings. The topological polar surface area (TPSA) is 24.5 Å². The van der Waals surface area contributed by atoms with Crippen LogP contribution in [-0.2, 0) is 4.74 Å². The summed E-state index contributed by atoms with van der Waals surface area (Å²) < 4.78 is 5.33. The molecule has 1 saturated heterocycles. The van der Waals surface area contributed by atoms with E-state index >= 15 is 0 Å². The lowest BCUT2D eigenvalue weighted by Crippen LogP contribution is -2.36. The molecule has 0 saturated carbocycles. The third-order valence-electron chi connectivity index (χ3n) is 2.80. The van der Waals surface area contributed by atoms with Crippen molar-refractivity contribution < 1.29 is 4.74 Å². The normalized spacial score (nSPS) is 27.4. The monoisotopic (exact) mass is 200 g/mol. The van der Waals surface area contributed by atoms with Crippen molar-refractivity contribution in [1.82, 2.24) is 10.2 Å². The highest BCUT2D eigenvalue weighted by Gasteiger charge is 2.21. The van der Waals surface area contributed by atoms with Crippen LogP contribution in [0.1, 0.15) is 20.3 Å². The van der Waals surface area contributed by atoms with Crippen LogP contribution < -0.4 is 5.32 Å². The Labute approximate surface area is 87.8 Å². The fourth-order valence-electron chi connectivity index (χ4n) is 1.99. The van der Waals surface area contributed by atoms with Gasteiger partial charge in [0.25, 0.3) is 0 Å². The Morgan fingerprint density at radius 3 is 2.86 bits per heavy atom. The van der Waals surface area contributed by atoms with E-state index < -0.39 is 0 Å². The maximum Gasteiger partial charge on any atom is 0.0593 e. The predicted molar refractivity (Wildman–Crippen MR) is 59.6 cm³/mol. The molecular weight excluding hydrogens is 176 g/mol. The van der Waals surface area contributed by atoms with E-state index in [2.05, 4.69) is 24.2 Å². The van der Waals surface area contributed by atoms with Crippen molar-refractivity contribution in [1.29, 1.82) is 0 Å². The lowest BCUT2D eigenvalue weighted by atomic mass is 10.1. The lowest BCUT2D eigenvalue weighted by Gasteiger charge is -2.20. The Hall–Kier alpha value is -0.120. The molecule has 1 aliphatic heterocycles. The summed E-state index contributed by atoms with van der Waals surface area (Å²) >= 11 is 0. The second-order valence-corrected chi connectivity index (χ2v) is 4.41. The largest absolute Gasteiger partial charge is 0.380 e. The first-order valence-corrected chi connectivity index (χ1v) is 5.72. The highest BCUT2D eigenvalue weighted by molar-refractivity contribution is 4.81. The van der Waals surface area contributed by atoms with Gasteiger partial charge in [0.1, 0.15) is 0 Å². The fourth-order valence-corrected chi connectivity index (χ4v) is 1.99. The molecule has 0 spiro atoms. The van der Waals surface area contributed by atoms with Crippen LogP contribution in [0.2, 0.25) is 0 Å². The minimum atomic E-state index is 0.691. The summed E-state index contributed by atoms with van der Waals surface area (Å²) in [5, 5.41) is 3.55. The van der Waals surface area contributed by atoms with E-state index in [9.17, 15) is 0 Å². The summed E-state index contributed by atoms with van der Waals surface area (Å²) in [6, 6.07) is 0.691. The quantitative estimate of drug-likeness (QED) is 0.646. The molecule has 1 rings (SSSR count). The summed E-state index contributed by atoms with van der Waals surface area (Å²) in [6.07, 6.45) is 1.32. The molecule has 0 radical (unpaired) electrons. The summed E-state index contributed by atoms with van der Waals surface area (Å²) in [6.45, 7) is 9.41. The third kappa shape index (κ3) is 4.40. The molecule has 1 aliphatic rings. The first-order valence-electron chi connectivity index (χ1n) is 5.72. The van der Waals surface area contributed by atoms with Gasteiger partial charge in [-0.3, -0.25) is 0 Å². The predicted octanol–water partition coefficient (Wildman–Crippen LogP) is 0.953. The van der Waals surface area contributed by atoms with Crippen LogP contribution in [0.15, 0.2) is 0 Å². The molecule has 0 bridgehead atoms. The summed E-state index contributed by atoms with van der Waals surface area (Å²) in [4.78, 5) is 2.35. The smallest absolute Gasteiger partial charge is 0.0593 e. The molecule has 1 heterocycles. The van der Waals surface area contributed by atoms with Gasteiger partial charge in [0.15, 0.2) is 0 Å². The van der Waals surface area contributed by atoms with Gasteiger partial charge in [-0.15, -0.1) is 0 Å². The van der Waals surface area contributed by atoms with Crippen LogP contribution in [0.4, 0.5) is 0 Å². The van der Waals surface area contributed by atoms with E-state index in [1.54, 1.807) is 0 Å². The van der Waals surface area contributed by atoms with E-state index in [1.807, 2.05) is 6.92 Å². The number of likely N-dealkylation sites (N-methyl/N-ethyl adjacent to an activating group) is 1. The number of hydrogen-bond donors (Lipinski definition) is 1. The van der Waals surface area contributed by atoms with Crippen LogP contribution in [0.3, 0.4) is 0 Å². The zero-order chi connectivity index (χ0) is 10.4. The van der Waals surface area contributed by atoms with E-state index in [4.69, 9.17) is 4.74 Å². The Kier molecular flexibility index (Phi) is 5.45. The molecule has 0 aromatic rings. The van der Waals surface area contributed by atoms with Gasteiger partial charge in [0.2, 0.25) is 0 Å². The van der Waals surface area contributed by atoms with E-state index in [1.165, 1.54) is 13.0 Å².